The fourth-order valence-corrected chi connectivity index (χ4v) is 3.76. The first kappa shape index (κ1) is 15.1. The van der Waals surface area contributed by atoms with Gasteiger partial charge in [-0.2, -0.15) is 0 Å². The highest BCUT2D eigenvalue weighted by atomic mass is 28.4. The van der Waals surface area contributed by atoms with Gasteiger partial charge in [0.05, 0.1) is 0 Å². The summed E-state index contributed by atoms with van der Waals surface area (Å²) in [5.74, 6) is 0. The van der Waals surface area contributed by atoms with E-state index in [-0.39, 0.29) is 0 Å². The average Bonchev–Trinajstić information content (AvgIpc) is 2.29. The largest absolute Gasteiger partial charge is 0.397 e. The maximum Gasteiger partial charge on any atom is 0.340 e. The van der Waals surface area contributed by atoms with Crippen LogP contribution in [-0.4, -0.2) is 22.8 Å². The topological polar surface area (TPSA) is 18.5 Å². The number of rotatable bonds is 10. The van der Waals surface area contributed by atoms with E-state index >= 15 is 0 Å². The summed E-state index contributed by atoms with van der Waals surface area (Å²) in [5, 5.41) is 0. The number of hydrogen-bond donors (Lipinski definition) is 0. The zero-order valence-electron chi connectivity index (χ0n) is 10.8. The number of unbranched alkanes of at least 4 members (excludes halogenated alkanes) is 5. The molecule has 0 heterocycles. The molecule has 0 N–H and O–H groups in total. The molecule has 0 amide bonds. The van der Waals surface area contributed by atoms with Gasteiger partial charge < -0.3 is 8.85 Å². The summed E-state index contributed by atoms with van der Waals surface area (Å²) in [7, 11) is 1.63. The molecule has 0 atom stereocenters. The predicted molar refractivity (Wildman–Crippen MR) is 67.9 cm³/mol. The molecule has 0 saturated carbocycles. The van der Waals surface area contributed by atoms with Gasteiger partial charge in [-0.1, -0.05) is 46.0 Å². The third-order valence-electron chi connectivity index (χ3n) is 2.95. The van der Waals surface area contributed by atoms with E-state index < -0.39 is 8.56 Å². The van der Waals surface area contributed by atoms with Crippen molar-refractivity contribution in [3.05, 3.63) is 6.04 Å². The Morgan fingerprint density at radius 2 is 1.53 bits per heavy atom. The normalized spacial score (nSPS) is 12.0. The van der Waals surface area contributed by atoms with Crippen molar-refractivity contribution in [3.63, 3.8) is 0 Å². The zero-order valence-corrected chi connectivity index (χ0v) is 11.8. The highest BCUT2D eigenvalue weighted by Gasteiger charge is 2.32. The molecule has 1 radical (unpaired) electrons. The van der Waals surface area contributed by atoms with E-state index in [1.165, 1.54) is 32.1 Å². The molecule has 2 nitrogen and oxygen atoms in total. The summed E-state index contributed by atoms with van der Waals surface area (Å²) in [6.45, 7) is 4.39. The molecular formula is C12H27O2Si. The average molecular weight is 231 g/mol. The lowest BCUT2D eigenvalue weighted by atomic mass is 10.1. The molecule has 0 aliphatic carbocycles. The van der Waals surface area contributed by atoms with Gasteiger partial charge in [-0.25, -0.2) is 0 Å². The van der Waals surface area contributed by atoms with Gasteiger partial charge in [-0.3, -0.25) is 0 Å². The predicted octanol–water partition coefficient (Wildman–Crippen LogP) is 3.85. The molecule has 0 aromatic heterocycles. The first-order valence-electron chi connectivity index (χ1n) is 6.19. The van der Waals surface area contributed by atoms with E-state index in [2.05, 4.69) is 19.9 Å². The Hall–Kier alpha value is 0.137. The smallest absolute Gasteiger partial charge is 0.340 e. The van der Waals surface area contributed by atoms with Crippen LogP contribution < -0.4 is 0 Å². The third kappa shape index (κ3) is 6.33. The summed E-state index contributed by atoms with van der Waals surface area (Å²) in [4.78, 5) is 0. The van der Waals surface area contributed by atoms with E-state index in [0.717, 1.165) is 12.5 Å². The van der Waals surface area contributed by atoms with Gasteiger partial charge in [0.15, 0.2) is 0 Å². The molecule has 0 fully saturated rings. The maximum absolute atomic E-state index is 5.53. The van der Waals surface area contributed by atoms with E-state index in [1.807, 2.05) is 0 Å². The van der Waals surface area contributed by atoms with E-state index in [0.29, 0.717) is 0 Å². The maximum atomic E-state index is 5.53. The van der Waals surface area contributed by atoms with Crippen LogP contribution in [0.15, 0.2) is 0 Å². The fraction of sp³-hybridized carbons (Fsp3) is 0.917. The van der Waals surface area contributed by atoms with Crippen molar-refractivity contribution in [2.24, 2.45) is 0 Å². The molecule has 0 spiro atoms. The zero-order chi connectivity index (χ0) is 11.6. The van der Waals surface area contributed by atoms with Crippen molar-refractivity contribution in [3.8, 4) is 0 Å². The molecule has 0 aliphatic heterocycles. The van der Waals surface area contributed by atoms with E-state index in [1.54, 1.807) is 14.2 Å². The van der Waals surface area contributed by atoms with Gasteiger partial charge in [0.2, 0.25) is 0 Å². The summed E-state index contributed by atoms with van der Waals surface area (Å²) in [6, 6.07) is 3.31. The third-order valence-corrected chi connectivity index (χ3v) is 6.23. The Kier molecular flexibility index (Phi) is 9.45. The second-order valence-electron chi connectivity index (χ2n) is 3.98. The minimum atomic E-state index is -1.91. The van der Waals surface area contributed by atoms with Crippen LogP contribution in [0.4, 0.5) is 0 Å². The van der Waals surface area contributed by atoms with Crippen molar-refractivity contribution >= 4 is 8.56 Å². The van der Waals surface area contributed by atoms with Gasteiger partial charge in [-0.15, -0.1) is 0 Å². The Bertz CT molecular complexity index is 127. The fourth-order valence-electron chi connectivity index (χ4n) is 1.75. The number of hydrogen-bond acceptors (Lipinski definition) is 2. The Balaban J connectivity index is 3.54. The lowest BCUT2D eigenvalue weighted by Crippen LogP contribution is -2.40. The van der Waals surface area contributed by atoms with Crippen LogP contribution in [0.2, 0.25) is 6.04 Å². The van der Waals surface area contributed by atoms with Crippen molar-refractivity contribution in [1.82, 2.24) is 0 Å². The van der Waals surface area contributed by atoms with Crippen LogP contribution >= 0.6 is 0 Å². The van der Waals surface area contributed by atoms with Gasteiger partial charge >= 0.3 is 8.56 Å². The molecule has 0 aliphatic rings. The highest BCUT2D eigenvalue weighted by molar-refractivity contribution is 6.70. The second-order valence-corrected chi connectivity index (χ2v) is 7.54. The molecule has 0 unspecified atom stereocenters. The molecule has 0 rings (SSSR count). The van der Waals surface area contributed by atoms with Gasteiger partial charge in [0, 0.05) is 20.3 Å². The van der Waals surface area contributed by atoms with Crippen molar-refractivity contribution in [2.75, 3.05) is 14.2 Å². The van der Waals surface area contributed by atoms with Gasteiger partial charge in [0.25, 0.3) is 0 Å². The van der Waals surface area contributed by atoms with Crippen LogP contribution in [0.5, 0.6) is 0 Å². The van der Waals surface area contributed by atoms with E-state index in [9.17, 15) is 0 Å². The summed E-state index contributed by atoms with van der Waals surface area (Å²) in [5.41, 5.74) is 0. The van der Waals surface area contributed by atoms with Crippen LogP contribution in [0.25, 0.3) is 0 Å². The molecule has 15 heavy (non-hydrogen) atoms. The molecular weight excluding hydrogens is 204 g/mol. The summed E-state index contributed by atoms with van der Waals surface area (Å²) < 4.78 is 11.1. The monoisotopic (exact) mass is 231 g/mol. The van der Waals surface area contributed by atoms with Crippen LogP contribution in [0, 0.1) is 6.04 Å². The Labute approximate surface area is 96.6 Å². The molecule has 0 aromatic carbocycles. The van der Waals surface area contributed by atoms with E-state index in [4.69, 9.17) is 8.85 Å². The summed E-state index contributed by atoms with van der Waals surface area (Å²) >= 11 is 0. The quantitative estimate of drug-likeness (QED) is 0.420. The highest BCUT2D eigenvalue weighted by Crippen LogP contribution is 2.18. The minimum absolute atomic E-state index is 1.01. The summed E-state index contributed by atoms with van der Waals surface area (Å²) in [6.07, 6.45) is 7.81. The minimum Gasteiger partial charge on any atom is -0.397 e. The van der Waals surface area contributed by atoms with Crippen LogP contribution in [0.1, 0.15) is 52.4 Å². The molecule has 3 heteroatoms. The molecule has 0 bridgehead atoms. The first-order chi connectivity index (χ1) is 7.24. The Morgan fingerprint density at radius 3 is 2.00 bits per heavy atom. The lowest BCUT2D eigenvalue weighted by molar-refractivity contribution is 0.250. The SMILES string of the molecule is CCCCCCC[CH][Si](CC)(OC)OC. The molecule has 0 aromatic rings. The Morgan fingerprint density at radius 1 is 0.933 bits per heavy atom. The second kappa shape index (κ2) is 9.37. The molecule has 0 saturated heterocycles. The van der Waals surface area contributed by atoms with Gasteiger partial charge in [0.1, 0.15) is 0 Å². The molecule has 91 valence electrons. The standard InChI is InChI=1S/C12H27O2Si/c1-5-7-8-9-10-11-12-15(6-2,13-3)14-4/h12H,5-11H2,1-4H3. The van der Waals surface area contributed by atoms with Crippen LogP contribution in [-0.2, 0) is 8.85 Å². The first-order valence-corrected chi connectivity index (χ1v) is 8.29. The lowest BCUT2D eigenvalue weighted by Gasteiger charge is -2.25. The van der Waals surface area contributed by atoms with Crippen molar-refractivity contribution in [2.45, 2.75) is 58.4 Å². The van der Waals surface area contributed by atoms with Crippen molar-refractivity contribution in [1.29, 1.82) is 0 Å². The van der Waals surface area contributed by atoms with Crippen LogP contribution in [0.3, 0.4) is 0 Å². The van der Waals surface area contributed by atoms with Gasteiger partial charge in [-0.05, 0) is 12.5 Å². The van der Waals surface area contributed by atoms with Crippen molar-refractivity contribution < 1.29 is 8.85 Å².